The van der Waals surface area contributed by atoms with Gasteiger partial charge >= 0.3 is 0 Å². The van der Waals surface area contributed by atoms with Crippen molar-refractivity contribution in [1.82, 2.24) is 0 Å². The van der Waals surface area contributed by atoms with Crippen LogP contribution < -0.4 is 0 Å². The first kappa shape index (κ1) is 12.0. The Morgan fingerprint density at radius 2 is 1.50 bits per heavy atom. The van der Waals surface area contributed by atoms with Gasteiger partial charge in [0.05, 0.1) is 0 Å². The third kappa shape index (κ3) is 2.20. The van der Waals surface area contributed by atoms with E-state index in [0.29, 0.717) is 0 Å². The van der Waals surface area contributed by atoms with Gasteiger partial charge in [0.25, 0.3) is 0 Å². The molecule has 2 aromatic carbocycles. The van der Waals surface area contributed by atoms with Gasteiger partial charge in [-0.25, -0.2) is 0 Å². The van der Waals surface area contributed by atoms with Crippen LogP contribution in [0.15, 0.2) is 66.7 Å². The predicted octanol–water partition coefficient (Wildman–Crippen LogP) is 5.11. The molecule has 0 spiro atoms. The molecule has 0 aromatic heterocycles. The molecule has 1 fully saturated rings. The monoisotopic (exact) mass is 260 g/mol. The molecule has 20 heavy (non-hydrogen) atoms. The first-order chi connectivity index (χ1) is 9.88. The minimum absolute atomic E-state index is 0.855. The lowest BCUT2D eigenvalue weighted by Gasteiger charge is -2.18. The fourth-order valence-electron chi connectivity index (χ4n) is 3.90. The van der Waals surface area contributed by atoms with Crippen LogP contribution in [0.1, 0.15) is 18.4 Å². The van der Waals surface area contributed by atoms with Crippen molar-refractivity contribution in [2.75, 3.05) is 0 Å². The van der Waals surface area contributed by atoms with Crippen molar-refractivity contribution in [3.8, 4) is 11.1 Å². The fourth-order valence-corrected chi connectivity index (χ4v) is 3.90. The van der Waals surface area contributed by atoms with Crippen molar-refractivity contribution in [2.24, 2.45) is 17.8 Å². The van der Waals surface area contributed by atoms with Gasteiger partial charge in [-0.1, -0.05) is 66.7 Å². The lowest BCUT2D eigenvalue weighted by molar-refractivity contribution is 0.446. The van der Waals surface area contributed by atoms with E-state index in [4.69, 9.17) is 0 Å². The lowest BCUT2D eigenvalue weighted by Crippen LogP contribution is -2.10. The van der Waals surface area contributed by atoms with Crippen molar-refractivity contribution >= 4 is 0 Å². The van der Waals surface area contributed by atoms with Gasteiger partial charge in [0.1, 0.15) is 0 Å². The quantitative estimate of drug-likeness (QED) is 0.673. The van der Waals surface area contributed by atoms with Gasteiger partial charge in [-0.05, 0) is 53.7 Å². The van der Waals surface area contributed by atoms with E-state index in [0.717, 1.165) is 17.8 Å². The molecular weight excluding hydrogens is 240 g/mol. The van der Waals surface area contributed by atoms with Crippen LogP contribution in [0.5, 0.6) is 0 Å². The maximum Gasteiger partial charge on any atom is -0.0184 e. The first-order valence-corrected chi connectivity index (χ1v) is 7.71. The normalized spacial score (nSPS) is 27.1. The van der Waals surface area contributed by atoms with E-state index < -0.39 is 0 Å². The lowest BCUT2D eigenvalue weighted by atomic mass is 9.87. The Morgan fingerprint density at radius 1 is 0.750 bits per heavy atom. The van der Waals surface area contributed by atoms with Crippen molar-refractivity contribution in [3.63, 3.8) is 0 Å². The molecule has 0 amide bonds. The summed E-state index contributed by atoms with van der Waals surface area (Å²) in [5.74, 6) is 2.62. The SMILES string of the molecule is C1=CC2CC1CC2Cc1ccc(-c2ccccc2)cc1. The van der Waals surface area contributed by atoms with Crippen LogP contribution in [0.2, 0.25) is 0 Å². The number of allylic oxidation sites excluding steroid dienone is 2. The molecule has 0 saturated heterocycles. The zero-order chi connectivity index (χ0) is 13.4. The number of hydrogen-bond acceptors (Lipinski definition) is 0. The molecule has 0 heteroatoms. The predicted molar refractivity (Wildman–Crippen MR) is 84.4 cm³/mol. The van der Waals surface area contributed by atoms with Gasteiger partial charge in [-0.15, -0.1) is 0 Å². The van der Waals surface area contributed by atoms with Gasteiger partial charge < -0.3 is 0 Å². The number of fused-ring (bicyclic) bond motifs is 2. The van der Waals surface area contributed by atoms with Crippen molar-refractivity contribution in [3.05, 3.63) is 72.3 Å². The Labute approximate surface area is 121 Å². The zero-order valence-corrected chi connectivity index (χ0v) is 11.7. The van der Waals surface area contributed by atoms with E-state index >= 15 is 0 Å². The Hall–Kier alpha value is -1.82. The molecule has 3 unspecified atom stereocenters. The van der Waals surface area contributed by atoms with Crippen LogP contribution >= 0.6 is 0 Å². The van der Waals surface area contributed by atoms with Crippen molar-refractivity contribution in [1.29, 1.82) is 0 Å². The second kappa shape index (κ2) is 4.94. The highest BCUT2D eigenvalue weighted by Gasteiger charge is 2.35. The Bertz CT molecular complexity index is 606. The van der Waals surface area contributed by atoms with Gasteiger partial charge in [0.15, 0.2) is 0 Å². The van der Waals surface area contributed by atoms with Crippen LogP contribution in [0, 0.1) is 17.8 Å². The second-order valence-electron chi connectivity index (χ2n) is 6.31. The number of benzene rings is 2. The molecule has 0 N–H and O–H groups in total. The molecule has 2 aliphatic carbocycles. The summed E-state index contributed by atoms with van der Waals surface area (Å²) < 4.78 is 0. The summed E-state index contributed by atoms with van der Waals surface area (Å²) in [5.41, 5.74) is 4.12. The summed E-state index contributed by atoms with van der Waals surface area (Å²) in [5, 5.41) is 0. The average molecular weight is 260 g/mol. The number of hydrogen-bond donors (Lipinski definition) is 0. The summed E-state index contributed by atoms with van der Waals surface area (Å²) in [6.45, 7) is 0. The molecule has 0 aliphatic heterocycles. The average Bonchev–Trinajstić information content (AvgIpc) is 3.12. The summed E-state index contributed by atoms with van der Waals surface area (Å²) in [6.07, 6.45) is 8.95. The van der Waals surface area contributed by atoms with Gasteiger partial charge in [0, 0.05) is 0 Å². The first-order valence-electron chi connectivity index (χ1n) is 7.71. The summed E-state index contributed by atoms with van der Waals surface area (Å²) >= 11 is 0. The minimum Gasteiger partial charge on any atom is -0.0851 e. The summed E-state index contributed by atoms with van der Waals surface area (Å²) in [4.78, 5) is 0. The molecule has 2 aliphatic rings. The Morgan fingerprint density at radius 3 is 2.15 bits per heavy atom. The van der Waals surface area contributed by atoms with E-state index in [-0.39, 0.29) is 0 Å². The van der Waals surface area contributed by atoms with Crippen LogP contribution in [0.25, 0.3) is 11.1 Å². The summed E-state index contributed by atoms with van der Waals surface area (Å²) in [6, 6.07) is 19.8. The Kier molecular flexibility index (Phi) is 2.95. The standard InChI is InChI=1S/C20H20/c1-2-4-17(5-3-1)18-9-6-15(7-10-18)12-20-14-16-8-11-19(20)13-16/h1-11,16,19-20H,12-14H2. The molecule has 4 rings (SSSR count). The van der Waals surface area contributed by atoms with Gasteiger partial charge in [-0.3, -0.25) is 0 Å². The van der Waals surface area contributed by atoms with E-state index in [1.54, 1.807) is 0 Å². The minimum atomic E-state index is 0.855. The molecule has 0 radical (unpaired) electrons. The highest BCUT2D eigenvalue weighted by atomic mass is 14.4. The fraction of sp³-hybridized carbons (Fsp3) is 0.300. The smallest absolute Gasteiger partial charge is 0.0184 e. The highest BCUT2D eigenvalue weighted by Crippen LogP contribution is 2.44. The van der Waals surface area contributed by atoms with E-state index in [9.17, 15) is 0 Å². The third-order valence-electron chi connectivity index (χ3n) is 4.98. The Balaban J connectivity index is 1.49. The van der Waals surface area contributed by atoms with Crippen molar-refractivity contribution < 1.29 is 0 Å². The number of rotatable bonds is 3. The third-order valence-corrected chi connectivity index (χ3v) is 4.98. The molecule has 1 saturated carbocycles. The van der Waals surface area contributed by atoms with Crippen LogP contribution in [0.4, 0.5) is 0 Å². The van der Waals surface area contributed by atoms with Crippen LogP contribution in [-0.4, -0.2) is 0 Å². The van der Waals surface area contributed by atoms with Crippen LogP contribution in [0.3, 0.4) is 0 Å². The van der Waals surface area contributed by atoms with Gasteiger partial charge in [-0.2, -0.15) is 0 Å². The van der Waals surface area contributed by atoms with E-state index in [1.807, 2.05) is 0 Å². The molecule has 0 heterocycles. The van der Waals surface area contributed by atoms with E-state index in [1.165, 1.54) is 36.0 Å². The maximum absolute atomic E-state index is 2.46. The molecule has 3 atom stereocenters. The molecule has 2 aromatic rings. The molecule has 2 bridgehead atoms. The van der Waals surface area contributed by atoms with E-state index in [2.05, 4.69) is 66.7 Å². The molecule has 100 valence electrons. The zero-order valence-electron chi connectivity index (χ0n) is 11.7. The molecular formula is C20H20. The van der Waals surface area contributed by atoms with Crippen LogP contribution in [-0.2, 0) is 6.42 Å². The van der Waals surface area contributed by atoms with Crippen molar-refractivity contribution in [2.45, 2.75) is 19.3 Å². The second-order valence-corrected chi connectivity index (χ2v) is 6.31. The highest BCUT2D eigenvalue weighted by molar-refractivity contribution is 5.63. The molecule has 0 nitrogen and oxygen atoms in total. The van der Waals surface area contributed by atoms with Gasteiger partial charge in [0.2, 0.25) is 0 Å². The largest absolute Gasteiger partial charge is 0.0851 e. The maximum atomic E-state index is 2.46. The summed E-state index contributed by atoms with van der Waals surface area (Å²) in [7, 11) is 0. The topological polar surface area (TPSA) is 0 Å².